The quantitative estimate of drug-likeness (QED) is 0.172. The van der Waals surface area contributed by atoms with Crippen molar-refractivity contribution in [3.63, 3.8) is 0 Å². The molecule has 230 valence electrons. The Bertz CT molecular complexity index is 2410. The fraction of sp³-hybridized carbons (Fsp3) is 0. The summed E-state index contributed by atoms with van der Waals surface area (Å²) >= 11 is 0. The van der Waals surface area contributed by atoms with Gasteiger partial charge in [0.1, 0.15) is 17.8 Å². The Hall–Kier alpha value is -6.53. The van der Waals surface area contributed by atoms with Crippen LogP contribution < -0.4 is 30.9 Å². The predicted molar refractivity (Wildman–Crippen MR) is 202 cm³/mol. The summed E-state index contributed by atoms with van der Waals surface area (Å²) in [5.41, 5.74) is 13.1. The third-order valence-corrected chi connectivity index (χ3v) is 9.67. The summed E-state index contributed by atoms with van der Waals surface area (Å²) in [7, 11) is 0. The standard InChI is InChI=1S/C43H29BN4O/c1-5-14-30(15-6-1)47(31-16-7-2-8-17-31)34-24-25-36-40(27-34)49-41-28-35(48(32-18-9-3-10-19-32)33-20-11-4-12-21-33)26-39-42(41)44(36)37-22-13-23-38-43(37)46(39)29-45-38/h1-29H. The van der Waals surface area contributed by atoms with Gasteiger partial charge in [0.2, 0.25) is 0 Å². The van der Waals surface area contributed by atoms with E-state index in [9.17, 15) is 0 Å². The lowest BCUT2D eigenvalue weighted by atomic mass is 9.34. The molecule has 0 spiro atoms. The first-order valence-electron chi connectivity index (χ1n) is 16.6. The van der Waals surface area contributed by atoms with Crippen molar-refractivity contribution >= 4 is 68.3 Å². The minimum atomic E-state index is -0.00597. The second-order valence-corrected chi connectivity index (χ2v) is 12.5. The molecule has 6 heteroatoms. The molecule has 5 nitrogen and oxygen atoms in total. The Morgan fingerprint density at radius 2 is 1.02 bits per heavy atom. The fourth-order valence-electron chi connectivity index (χ4n) is 7.60. The molecule has 0 fully saturated rings. The van der Waals surface area contributed by atoms with Crippen LogP contribution >= 0.6 is 0 Å². The van der Waals surface area contributed by atoms with Gasteiger partial charge >= 0.3 is 0 Å². The van der Waals surface area contributed by atoms with Gasteiger partial charge in [-0.1, -0.05) is 91.0 Å². The summed E-state index contributed by atoms with van der Waals surface area (Å²) in [5, 5.41) is 0. The van der Waals surface area contributed by atoms with E-state index >= 15 is 0 Å². The monoisotopic (exact) mass is 628 g/mol. The minimum absolute atomic E-state index is 0.00597. The zero-order valence-electron chi connectivity index (χ0n) is 26.5. The van der Waals surface area contributed by atoms with Gasteiger partial charge in [-0.25, -0.2) is 4.98 Å². The molecule has 8 aromatic rings. The van der Waals surface area contributed by atoms with Crippen LogP contribution in [0.4, 0.5) is 34.1 Å². The van der Waals surface area contributed by atoms with Crippen molar-refractivity contribution < 1.29 is 4.74 Å². The van der Waals surface area contributed by atoms with Crippen LogP contribution in [0.3, 0.4) is 0 Å². The van der Waals surface area contributed by atoms with E-state index in [0.717, 1.165) is 73.3 Å². The molecule has 2 aliphatic rings. The highest BCUT2D eigenvalue weighted by Crippen LogP contribution is 2.42. The van der Waals surface area contributed by atoms with E-state index in [1.54, 1.807) is 0 Å². The molecule has 7 aromatic carbocycles. The van der Waals surface area contributed by atoms with Crippen molar-refractivity contribution in [3.05, 3.63) is 176 Å². The van der Waals surface area contributed by atoms with Crippen molar-refractivity contribution in [1.82, 2.24) is 9.55 Å². The molecule has 0 saturated carbocycles. The van der Waals surface area contributed by atoms with E-state index < -0.39 is 0 Å². The summed E-state index contributed by atoms with van der Waals surface area (Å²) < 4.78 is 9.29. The van der Waals surface area contributed by atoms with Crippen molar-refractivity contribution in [2.24, 2.45) is 0 Å². The number of benzene rings is 7. The number of ether oxygens (including phenoxy) is 1. The molecule has 2 aliphatic heterocycles. The van der Waals surface area contributed by atoms with E-state index in [1.807, 2.05) is 6.33 Å². The lowest BCUT2D eigenvalue weighted by molar-refractivity contribution is 0.487. The normalized spacial score (nSPS) is 12.2. The first-order valence-corrected chi connectivity index (χ1v) is 16.6. The molecule has 0 unspecified atom stereocenters. The van der Waals surface area contributed by atoms with Crippen LogP contribution in [0.2, 0.25) is 0 Å². The third-order valence-electron chi connectivity index (χ3n) is 9.67. The van der Waals surface area contributed by atoms with Crippen molar-refractivity contribution in [1.29, 1.82) is 0 Å². The van der Waals surface area contributed by atoms with Crippen molar-refractivity contribution in [3.8, 4) is 17.2 Å². The fourth-order valence-corrected chi connectivity index (χ4v) is 7.60. The summed E-state index contributed by atoms with van der Waals surface area (Å²) in [4.78, 5) is 9.44. The number of anilines is 6. The van der Waals surface area contributed by atoms with Crippen LogP contribution in [0.5, 0.6) is 11.5 Å². The van der Waals surface area contributed by atoms with E-state index in [-0.39, 0.29) is 6.71 Å². The number of hydrogen-bond acceptors (Lipinski definition) is 4. The zero-order chi connectivity index (χ0) is 32.3. The maximum Gasteiger partial charge on any atom is 0.256 e. The van der Waals surface area contributed by atoms with Gasteiger partial charge in [-0.2, -0.15) is 0 Å². The third kappa shape index (κ3) is 4.38. The average Bonchev–Trinajstić information content (AvgIpc) is 3.60. The van der Waals surface area contributed by atoms with Gasteiger partial charge in [0.05, 0.1) is 16.7 Å². The van der Waals surface area contributed by atoms with E-state index in [0.29, 0.717) is 0 Å². The van der Waals surface area contributed by atoms with Crippen LogP contribution in [0.15, 0.2) is 176 Å². The first kappa shape index (κ1) is 27.6. The Kier molecular flexibility index (Phi) is 6.21. The second kappa shape index (κ2) is 11.0. The van der Waals surface area contributed by atoms with Gasteiger partial charge in [0.15, 0.2) is 0 Å². The molecular weight excluding hydrogens is 599 g/mol. The van der Waals surface area contributed by atoms with E-state index in [1.165, 1.54) is 5.46 Å². The van der Waals surface area contributed by atoms with Gasteiger partial charge in [-0.05, 0) is 83.1 Å². The van der Waals surface area contributed by atoms with Gasteiger partial charge < -0.3 is 14.5 Å². The topological polar surface area (TPSA) is 33.5 Å². The number of rotatable bonds is 6. The van der Waals surface area contributed by atoms with Gasteiger partial charge in [-0.3, -0.25) is 4.57 Å². The van der Waals surface area contributed by atoms with E-state index in [2.05, 4.69) is 184 Å². The van der Waals surface area contributed by atoms with Crippen LogP contribution in [-0.4, -0.2) is 16.3 Å². The highest BCUT2D eigenvalue weighted by molar-refractivity contribution is 6.99. The lowest BCUT2D eigenvalue weighted by Gasteiger charge is -2.35. The van der Waals surface area contributed by atoms with Gasteiger partial charge in [-0.15, -0.1) is 0 Å². The van der Waals surface area contributed by atoms with Gasteiger partial charge in [0, 0.05) is 46.3 Å². The number of fused-ring (bicyclic) bond motifs is 4. The molecule has 49 heavy (non-hydrogen) atoms. The molecule has 0 radical (unpaired) electrons. The Morgan fingerprint density at radius 1 is 0.469 bits per heavy atom. The predicted octanol–water partition coefficient (Wildman–Crippen LogP) is 8.90. The van der Waals surface area contributed by atoms with Crippen LogP contribution in [0.25, 0.3) is 16.7 Å². The molecule has 0 aliphatic carbocycles. The molecule has 10 rings (SSSR count). The number of nitrogens with zero attached hydrogens (tertiary/aromatic N) is 4. The Morgan fingerprint density at radius 3 is 1.61 bits per heavy atom. The summed E-state index contributed by atoms with van der Waals surface area (Å²) in [6.45, 7) is -0.00597. The molecule has 1 aromatic heterocycles. The SMILES string of the molecule is c1ccc(N(c2ccccc2)c2ccc3c(c2)Oc2cc(N(c4ccccc4)c4ccccc4)cc4c2B3c2cccc3ncn-4c23)cc1. The molecular formula is C43H29BN4O. The Labute approximate surface area is 285 Å². The first-order chi connectivity index (χ1) is 24.3. The zero-order valence-corrected chi connectivity index (χ0v) is 26.5. The lowest BCUT2D eigenvalue weighted by Crippen LogP contribution is -2.58. The number of aromatic nitrogens is 2. The largest absolute Gasteiger partial charge is 0.458 e. The van der Waals surface area contributed by atoms with Crippen molar-refractivity contribution in [2.75, 3.05) is 9.80 Å². The molecule has 0 saturated heterocycles. The summed E-state index contributed by atoms with van der Waals surface area (Å²) in [5.74, 6) is 1.70. The van der Waals surface area contributed by atoms with Crippen LogP contribution in [-0.2, 0) is 0 Å². The maximum atomic E-state index is 7.05. The van der Waals surface area contributed by atoms with Crippen LogP contribution in [0.1, 0.15) is 0 Å². The summed E-state index contributed by atoms with van der Waals surface area (Å²) in [6, 6.07) is 59.7. The number of para-hydroxylation sites is 5. The number of imidazole rings is 1. The second-order valence-electron chi connectivity index (χ2n) is 12.5. The summed E-state index contributed by atoms with van der Waals surface area (Å²) in [6.07, 6.45) is 1.95. The molecule has 0 N–H and O–H groups in total. The molecule has 0 amide bonds. The van der Waals surface area contributed by atoms with E-state index in [4.69, 9.17) is 9.72 Å². The molecule has 3 heterocycles. The Balaban J connectivity index is 1.20. The smallest absolute Gasteiger partial charge is 0.256 e. The molecule has 0 atom stereocenters. The van der Waals surface area contributed by atoms with Crippen LogP contribution in [0, 0.1) is 0 Å². The molecule has 0 bridgehead atoms. The number of hydrogen-bond donors (Lipinski definition) is 0. The van der Waals surface area contributed by atoms with Crippen molar-refractivity contribution in [2.45, 2.75) is 0 Å². The van der Waals surface area contributed by atoms with Gasteiger partial charge in [0.25, 0.3) is 6.71 Å². The maximum absolute atomic E-state index is 7.05. The minimum Gasteiger partial charge on any atom is -0.458 e. The average molecular weight is 629 g/mol. The highest BCUT2D eigenvalue weighted by Gasteiger charge is 2.40. The highest BCUT2D eigenvalue weighted by atomic mass is 16.5.